The summed E-state index contributed by atoms with van der Waals surface area (Å²) in [5, 5.41) is 3.43. The highest BCUT2D eigenvalue weighted by Gasteiger charge is 2.24. The molecule has 0 unspecified atom stereocenters. The van der Waals surface area contributed by atoms with E-state index in [4.69, 9.17) is 4.42 Å². The van der Waals surface area contributed by atoms with Crippen molar-refractivity contribution in [1.82, 2.24) is 20.0 Å². The van der Waals surface area contributed by atoms with Crippen molar-refractivity contribution in [2.75, 3.05) is 52.9 Å². The van der Waals surface area contributed by atoms with Crippen LogP contribution in [0.15, 0.2) is 15.5 Å². The molecule has 2 aliphatic heterocycles. The normalized spacial score (nSPS) is 18.6. The Kier molecular flexibility index (Phi) is 8.40. The fourth-order valence-corrected chi connectivity index (χ4v) is 3.74. The number of amides is 1. The van der Waals surface area contributed by atoms with E-state index >= 15 is 0 Å². The molecule has 0 radical (unpaired) electrons. The summed E-state index contributed by atoms with van der Waals surface area (Å²) in [4.78, 5) is 23.2. The zero-order valence-electron chi connectivity index (χ0n) is 16.7. The molecule has 2 fully saturated rings. The van der Waals surface area contributed by atoms with Crippen LogP contribution in [0.5, 0.6) is 0 Å². The summed E-state index contributed by atoms with van der Waals surface area (Å²) in [5.74, 6) is 3.08. The summed E-state index contributed by atoms with van der Waals surface area (Å²) in [6.45, 7) is 10.6. The van der Waals surface area contributed by atoms with Crippen LogP contribution in [0.3, 0.4) is 0 Å². The fraction of sp³-hybridized carbons (Fsp3) is 0.684. The third kappa shape index (κ3) is 5.84. The van der Waals surface area contributed by atoms with E-state index in [0.29, 0.717) is 13.1 Å². The molecule has 7 nitrogen and oxygen atoms in total. The maximum absolute atomic E-state index is 12.3. The number of hydrogen-bond acceptors (Lipinski definition) is 4. The second-order valence-electron chi connectivity index (χ2n) is 7.19. The van der Waals surface area contributed by atoms with Gasteiger partial charge in [0, 0.05) is 58.4 Å². The molecule has 152 valence electrons. The smallest absolute Gasteiger partial charge is 0.236 e. The van der Waals surface area contributed by atoms with Gasteiger partial charge in [-0.3, -0.25) is 14.7 Å². The van der Waals surface area contributed by atoms with E-state index in [0.717, 1.165) is 69.6 Å². The van der Waals surface area contributed by atoms with Gasteiger partial charge < -0.3 is 19.5 Å². The van der Waals surface area contributed by atoms with E-state index in [-0.39, 0.29) is 29.9 Å². The van der Waals surface area contributed by atoms with Gasteiger partial charge in [0.15, 0.2) is 5.96 Å². The van der Waals surface area contributed by atoms with Gasteiger partial charge in [-0.2, -0.15) is 0 Å². The number of carbonyl (C=O) groups excluding carboxylic acids is 1. The number of rotatable bonds is 4. The van der Waals surface area contributed by atoms with Crippen LogP contribution in [0.25, 0.3) is 0 Å². The number of guanidine groups is 1. The van der Waals surface area contributed by atoms with Crippen molar-refractivity contribution in [3.63, 3.8) is 0 Å². The van der Waals surface area contributed by atoms with E-state index in [1.54, 1.807) is 0 Å². The van der Waals surface area contributed by atoms with Crippen molar-refractivity contribution in [2.45, 2.75) is 33.2 Å². The van der Waals surface area contributed by atoms with Crippen LogP contribution >= 0.6 is 24.0 Å². The molecule has 3 rings (SSSR count). The first-order valence-corrected chi connectivity index (χ1v) is 9.58. The monoisotopic (exact) mass is 489 g/mol. The Bertz CT molecular complexity index is 647. The number of halogens is 1. The highest BCUT2D eigenvalue weighted by atomic mass is 127. The molecule has 0 atom stereocenters. The van der Waals surface area contributed by atoms with Gasteiger partial charge in [-0.15, -0.1) is 24.0 Å². The second-order valence-corrected chi connectivity index (χ2v) is 7.19. The minimum absolute atomic E-state index is 0. The zero-order chi connectivity index (χ0) is 18.5. The van der Waals surface area contributed by atoms with E-state index in [1.165, 1.54) is 5.56 Å². The Morgan fingerprint density at radius 1 is 1.11 bits per heavy atom. The molecule has 0 aromatic carbocycles. The maximum atomic E-state index is 12.3. The van der Waals surface area contributed by atoms with Gasteiger partial charge in [-0.25, -0.2) is 0 Å². The number of hydrogen-bond donors (Lipinski definition) is 1. The lowest BCUT2D eigenvalue weighted by atomic mass is 10.2. The van der Waals surface area contributed by atoms with Crippen molar-refractivity contribution in [2.24, 2.45) is 4.99 Å². The van der Waals surface area contributed by atoms with Crippen molar-refractivity contribution >= 4 is 35.8 Å². The number of nitrogens with zero attached hydrogens (tertiary/aromatic N) is 4. The first-order valence-electron chi connectivity index (χ1n) is 9.58. The first kappa shape index (κ1) is 22.0. The van der Waals surface area contributed by atoms with Gasteiger partial charge in [0.1, 0.15) is 11.5 Å². The van der Waals surface area contributed by atoms with E-state index in [9.17, 15) is 4.79 Å². The number of aliphatic imine (C=N–C) groups is 1. The highest BCUT2D eigenvalue weighted by molar-refractivity contribution is 14.0. The first-order chi connectivity index (χ1) is 12.6. The Labute approximate surface area is 179 Å². The van der Waals surface area contributed by atoms with Gasteiger partial charge in [-0.1, -0.05) is 0 Å². The number of carbonyl (C=O) groups is 1. The predicted octanol–water partition coefficient (Wildman–Crippen LogP) is 1.83. The summed E-state index contributed by atoms with van der Waals surface area (Å²) >= 11 is 0. The number of nitrogens with one attached hydrogen (secondary N) is 1. The van der Waals surface area contributed by atoms with Crippen LogP contribution in [0.1, 0.15) is 29.9 Å². The zero-order valence-corrected chi connectivity index (χ0v) is 19.0. The average Bonchev–Trinajstić information content (AvgIpc) is 3.27. The molecular weight excluding hydrogens is 457 g/mol. The fourth-order valence-electron chi connectivity index (χ4n) is 3.74. The minimum Gasteiger partial charge on any atom is -0.466 e. The molecule has 0 spiro atoms. The van der Waals surface area contributed by atoms with Crippen molar-refractivity contribution in [3.05, 3.63) is 23.2 Å². The number of furan rings is 1. The average molecular weight is 489 g/mol. The van der Waals surface area contributed by atoms with Crippen LogP contribution in [-0.2, 0) is 11.3 Å². The number of aryl methyl sites for hydroxylation is 2. The quantitative estimate of drug-likeness (QED) is 0.398. The Balaban J connectivity index is 0.00000261. The summed E-state index contributed by atoms with van der Waals surface area (Å²) in [6, 6.07) is 2.07. The van der Waals surface area contributed by atoms with Crippen molar-refractivity contribution in [3.8, 4) is 0 Å². The van der Waals surface area contributed by atoms with Crippen LogP contribution in [0, 0.1) is 13.8 Å². The molecule has 0 bridgehead atoms. The maximum Gasteiger partial charge on any atom is 0.236 e. The molecule has 0 aliphatic carbocycles. The molecule has 1 aromatic heterocycles. The SMILES string of the molecule is CN=C(NCc1cc(C)oc1C)N1CCN(CC(=O)N2CCCC2)CC1.I. The number of likely N-dealkylation sites (tertiary alicyclic amines) is 1. The van der Waals surface area contributed by atoms with Crippen LogP contribution in [-0.4, -0.2) is 79.4 Å². The van der Waals surface area contributed by atoms with Gasteiger partial charge in [0.2, 0.25) is 5.91 Å². The lowest BCUT2D eigenvalue weighted by Crippen LogP contribution is -2.54. The third-order valence-corrected chi connectivity index (χ3v) is 5.28. The standard InChI is InChI=1S/C19H31N5O2.HI/c1-15-12-17(16(2)26-15)13-21-19(20-3)24-10-8-22(9-11-24)14-18(25)23-6-4-5-7-23;/h12H,4-11,13-14H2,1-3H3,(H,20,21);1H. The predicted molar refractivity (Wildman–Crippen MR) is 118 cm³/mol. The van der Waals surface area contributed by atoms with Crippen molar-refractivity contribution < 1.29 is 9.21 Å². The molecule has 8 heteroatoms. The van der Waals surface area contributed by atoms with Crippen LogP contribution < -0.4 is 5.32 Å². The van der Waals surface area contributed by atoms with Crippen LogP contribution in [0.2, 0.25) is 0 Å². The third-order valence-electron chi connectivity index (χ3n) is 5.28. The van der Waals surface area contributed by atoms with Gasteiger partial charge in [-0.05, 0) is 32.8 Å². The Hall–Kier alpha value is -1.29. The molecule has 3 heterocycles. The molecule has 1 N–H and O–H groups in total. The molecule has 2 saturated heterocycles. The largest absolute Gasteiger partial charge is 0.466 e. The lowest BCUT2D eigenvalue weighted by Gasteiger charge is -2.36. The Morgan fingerprint density at radius 3 is 2.33 bits per heavy atom. The topological polar surface area (TPSA) is 64.3 Å². The molecule has 2 aliphatic rings. The molecule has 1 amide bonds. The van der Waals surface area contributed by atoms with E-state index in [2.05, 4.69) is 26.2 Å². The highest BCUT2D eigenvalue weighted by Crippen LogP contribution is 2.14. The summed E-state index contributed by atoms with van der Waals surface area (Å²) in [5.41, 5.74) is 1.17. The molecule has 0 saturated carbocycles. The second kappa shape index (κ2) is 10.3. The molecule has 27 heavy (non-hydrogen) atoms. The summed E-state index contributed by atoms with van der Waals surface area (Å²) < 4.78 is 5.58. The van der Waals surface area contributed by atoms with E-state index in [1.807, 2.05) is 25.8 Å². The summed E-state index contributed by atoms with van der Waals surface area (Å²) in [6.07, 6.45) is 2.30. The van der Waals surface area contributed by atoms with Crippen LogP contribution in [0.4, 0.5) is 0 Å². The summed E-state index contributed by atoms with van der Waals surface area (Å²) in [7, 11) is 1.82. The number of piperazine rings is 1. The minimum atomic E-state index is 0. The van der Waals surface area contributed by atoms with E-state index < -0.39 is 0 Å². The Morgan fingerprint density at radius 2 is 1.78 bits per heavy atom. The van der Waals surface area contributed by atoms with Gasteiger partial charge in [0.05, 0.1) is 6.54 Å². The van der Waals surface area contributed by atoms with Gasteiger partial charge >= 0.3 is 0 Å². The lowest BCUT2D eigenvalue weighted by molar-refractivity contribution is -0.131. The molecular formula is C19H32IN5O2. The van der Waals surface area contributed by atoms with Gasteiger partial charge in [0.25, 0.3) is 0 Å². The molecule has 1 aromatic rings. The van der Waals surface area contributed by atoms with Crippen molar-refractivity contribution in [1.29, 1.82) is 0 Å².